The van der Waals surface area contributed by atoms with Gasteiger partial charge in [0, 0.05) is 0 Å². The Kier molecular flexibility index (Phi) is 4.34. The first-order chi connectivity index (χ1) is 3.42. The molecule has 0 N–H and O–H groups in total. The van der Waals surface area contributed by atoms with Gasteiger partial charge in [0.05, 0.1) is 0 Å². The quantitative estimate of drug-likeness (QED) is 0.723. The van der Waals surface area contributed by atoms with Crippen molar-refractivity contribution in [3.05, 3.63) is 0 Å². The molecule has 1 radical (unpaired) electrons. The van der Waals surface area contributed by atoms with Gasteiger partial charge in [-0.15, -0.1) is 0 Å². The molecular weight excluding hydrogens is 290 g/mol. The minimum absolute atomic E-state index is 1.30. The predicted octanol–water partition coefficient (Wildman–Crippen LogP) is 2.15. The normalized spacial score (nSPS) is 12.6. The Morgan fingerprint density at radius 3 is 1.75 bits per heavy atom. The Hall–Kier alpha value is 1.54. The summed E-state index contributed by atoms with van der Waals surface area (Å²) in [6.07, 6.45) is 0. The minimum atomic E-state index is -1.84. The summed E-state index contributed by atoms with van der Waals surface area (Å²) in [5, 5.41) is 0. The fraction of sp³-hybridized carbons (Fsp3) is 1.00. The van der Waals surface area contributed by atoms with Crippen molar-refractivity contribution in [3.8, 4) is 0 Å². The molecule has 0 aromatic rings. The van der Waals surface area contributed by atoms with Crippen molar-refractivity contribution in [1.82, 2.24) is 0 Å². The summed E-state index contributed by atoms with van der Waals surface area (Å²) in [5.41, 5.74) is 4.20. The summed E-state index contributed by atoms with van der Waals surface area (Å²) in [6.45, 7) is 0. The molecule has 0 bridgehead atoms. The second kappa shape index (κ2) is 3.64. The summed E-state index contributed by atoms with van der Waals surface area (Å²) in [4.78, 5) is 4.44. The van der Waals surface area contributed by atoms with E-state index in [0.29, 0.717) is 0 Å². The molecule has 0 unspecified atom stereocenters. The van der Waals surface area contributed by atoms with Crippen molar-refractivity contribution in [2.75, 3.05) is 0 Å². The molecule has 8 heavy (non-hydrogen) atoms. The third kappa shape index (κ3) is 7.54. The van der Waals surface area contributed by atoms with E-state index >= 15 is 0 Å². The molecule has 0 heterocycles. The Morgan fingerprint density at radius 2 is 1.75 bits per heavy atom. The molecule has 0 aliphatic heterocycles. The fourth-order valence-corrected chi connectivity index (χ4v) is 20.5. The fourth-order valence-electron chi connectivity index (χ4n) is 0.440. The van der Waals surface area contributed by atoms with Crippen molar-refractivity contribution in [2.45, 2.75) is 21.3 Å². The van der Waals surface area contributed by atoms with Crippen LogP contribution in [0.2, 0.25) is 21.3 Å². The second-order valence-electron chi connectivity index (χ2n) is 2.25. The summed E-state index contributed by atoms with van der Waals surface area (Å²) < 4.78 is 5.62. The third-order valence-corrected chi connectivity index (χ3v) is 16.6. The molecule has 0 atom stereocenters. The average molecular weight is 302 g/mol. The van der Waals surface area contributed by atoms with E-state index in [4.69, 9.17) is 12.5 Å². The average Bonchev–Trinajstić information content (AvgIpc) is 1.21. The number of rotatable bonds is 2. The first-order valence-electron chi connectivity index (χ1n) is 2.46. The Morgan fingerprint density at radius 1 is 1.38 bits per heavy atom. The van der Waals surface area contributed by atoms with Gasteiger partial charge in [0.1, 0.15) is 0 Å². The molecule has 1 nitrogen and oxygen atoms in total. The van der Waals surface area contributed by atoms with Gasteiger partial charge in [-0.05, 0) is 0 Å². The molecule has 0 aromatic heterocycles. The Balaban J connectivity index is 3.56. The first-order valence-corrected chi connectivity index (χ1v) is 16.5. The van der Waals surface area contributed by atoms with Crippen LogP contribution in [0.1, 0.15) is 0 Å². The van der Waals surface area contributed by atoms with Crippen molar-refractivity contribution < 1.29 is 2.06 Å². The van der Waals surface area contributed by atoms with E-state index in [1.165, 1.54) is 0 Å². The van der Waals surface area contributed by atoms with Crippen LogP contribution in [0, 0.1) is 0 Å². The maximum absolute atomic E-state index is 5.62. The molecule has 0 aliphatic rings. The molecule has 0 fully saturated rings. The zero-order valence-corrected chi connectivity index (χ0v) is 11.3. The van der Waals surface area contributed by atoms with Crippen LogP contribution in [0.3, 0.4) is 0 Å². The van der Waals surface area contributed by atoms with Crippen LogP contribution in [0.4, 0.5) is 0 Å². The van der Waals surface area contributed by atoms with Crippen LogP contribution < -0.4 is 0 Å². The van der Waals surface area contributed by atoms with Gasteiger partial charge in [-0.1, -0.05) is 0 Å². The van der Waals surface area contributed by atoms with Gasteiger partial charge in [-0.25, -0.2) is 0 Å². The molecule has 49 valence electrons. The molecular formula is C4H12AsOSSn. The van der Waals surface area contributed by atoms with E-state index in [1.54, 1.807) is 0 Å². The standard InChI is InChI=1S/C2H7AsOS.2CH3.Sn/c1-3(2,4)5;;;/h1-2H3,(H,4,5);2*1H3;/q;;;+1/p-1. The van der Waals surface area contributed by atoms with Crippen LogP contribution in [-0.4, -0.2) is 32.4 Å². The zero-order valence-electron chi connectivity index (χ0n) is 5.76. The van der Waals surface area contributed by atoms with Crippen molar-refractivity contribution in [2.24, 2.45) is 0 Å². The molecule has 0 rings (SSSR count). The number of hydrogen-bond donors (Lipinski definition) is 0. The second-order valence-corrected chi connectivity index (χ2v) is 20.3. The Labute approximate surface area is 65.7 Å². The van der Waals surface area contributed by atoms with Gasteiger partial charge in [0.15, 0.2) is 0 Å². The van der Waals surface area contributed by atoms with E-state index in [2.05, 4.69) is 21.3 Å². The topological polar surface area (TPSA) is 9.23 Å². The van der Waals surface area contributed by atoms with Crippen LogP contribution in [0.5, 0.6) is 0 Å². The molecule has 0 saturated carbocycles. The Bertz CT molecular complexity index is 109. The summed E-state index contributed by atoms with van der Waals surface area (Å²) in [5.74, 6) is 0. The van der Waals surface area contributed by atoms with Gasteiger partial charge >= 0.3 is 66.2 Å². The van der Waals surface area contributed by atoms with Crippen LogP contribution in [-0.2, 0) is 2.06 Å². The van der Waals surface area contributed by atoms with Gasteiger partial charge in [0.25, 0.3) is 0 Å². The van der Waals surface area contributed by atoms with E-state index in [1.807, 2.05) is 0 Å². The van der Waals surface area contributed by atoms with Gasteiger partial charge in [-0.2, -0.15) is 0 Å². The van der Waals surface area contributed by atoms with Crippen LogP contribution in [0.25, 0.3) is 0 Å². The molecule has 0 aromatic carbocycles. The summed E-state index contributed by atoms with van der Waals surface area (Å²) >= 11 is -3.14. The van der Waals surface area contributed by atoms with E-state index in [-0.39, 0.29) is 0 Å². The zero-order chi connectivity index (χ0) is 6.78. The summed E-state index contributed by atoms with van der Waals surface area (Å²) in [7, 11) is 5.16. The predicted molar refractivity (Wildman–Crippen MR) is 43.6 cm³/mol. The maximum atomic E-state index is 5.62. The van der Waals surface area contributed by atoms with Crippen molar-refractivity contribution in [3.63, 3.8) is 0 Å². The van der Waals surface area contributed by atoms with Gasteiger partial charge < -0.3 is 0 Å². The molecule has 0 saturated heterocycles. The molecule has 0 spiro atoms. The molecule has 0 amide bonds. The molecule has 4 heteroatoms. The van der Waals surface area contributed by atoms with Crippen LogP contribution in [0.15, 0.2) is 0 Å². The van der Waals surface area contributed by atoms with Crippen molar-refractivity contribution >= 4 is 42.8 Å². The third-order valence-electron chi connectivity index (χ3n) is 0.402. The summed E-state index contributed by atoms with van der Waals surface area (Å²) in [6, 6.07) is 0. The monoisotopic (exact) mass is 303 g/mol. The SMILES string of the molecule is [CH3][Sn]([CH3])[O][As](C)(C)=S. The van der Waals surface area contributed by atoms with E-state index in [0.717, 1.165) is 0 Å². The van der Waals surface area contributed by atoms with Gasteiger partial charge in [0.2, 0.25) is 0 Å². The van der Waals surface area contributed by atoms with Crippen molar-refractivity contribution in [1.29, 1.82) is 0 Å². The molecule has 0 aliphatic carbocycles. The van der Waals surface area contributed by atoms with E-state index in [9.17, 15) is 0 Å². The first kappa shape index (κ1) is 9.54. The van der Waals surface area contributed by atoms with E-state index < -0.39 is 32.4 Å². The van der Waals surface area contributed by atoms with Crippen LogP contribution >= 0.6 is 10.4 Å². The number of hydrogen-bond acceptors (Lipinski definition) is 2. The van der Waals surface area contributed by atoms with Gasteiger partial charge in [-0.3, -0.25) is 0 Å².